The molecule has 0 aliphatic heterocycles. The van der Waals surface area contributed by atoms with Gasteiger partial charge in [-0.25, -0.2) is 4.39 Å². The Morgan fingerprint density at radius 1 is 1.45 bits per heavy atom. The van der Waals surface area contributed by atoms with Gasteiger partial charge in [0.15, 0.2) is 0 Å². The fraction of sp³-hybridized carbons (Fsp3) is 0.231. The van der Waals surface area contributed by atoms with Gasteiger partial charge in [0.1, 0.15) is 18.1 Å². The molecule has 1 aromatic heterocycles. The number of carbonyl (C=O) groups excluding carboxylic acids is 1. The van der Waals surface area contributed by atoms with E-state index in [1.165, 1.54) is 10.7 Å². The van der Waals surface area contributed by atoms with Crippen LogP contribution in [-0.2, 0) is 11.3 Å². The van der Waals surface area contributed by atoms with Gasteiger partial charge in [0.25, 0.3) is 0 Å². The maximum atomic E-state index is 13.1. The third-order valence-corrected chi connectivity index (χ3v) is 3.30. The zero-order valence-electron chi connectivity index (χ0n) is 10.9. The smallest absolute Gasteiger partial charge is 0.246 e. The Balaban J connectivity index is 2.11. The van der Waals surface area contributed by atoms with E-state index in [0.717, 1.165) is 12.1 Å². The molecule has 5 nitrogen and oxygen atoms in total. The van der Waals surface area contributed by atoms with Crippen LogP contribution in [0.4, 0.5) is 10.1 Å². The van der Waals surface area contributed by atoms with Crippen molar-refractivity contribution >= 4 is 23.2 Å². The molecule has 0 unspecified atom stereocenters. The standard InChI is InChI=1S/C13H13ClFN3O2/c1-7-13(14)8(2)18(17-7)6-12(20)16-10-3-9(15)4-11(19)5-10/h3-5,19H,6H2,1-2H3,(H,16,20). The highest BCUT2D eigenvalue weighted by atomic mass is 35.5. The molecule has 0 radical (unpaired) electrons. The summed E-state index contributed by atoms with van der Waals surface area (Å²) in [5, 5.41) is 16.4. The first-order chi connectivity index (χ1) is 9.36. The van der Waals surface area contributed by atoms with Crippen LogP contribution in [0, 0.1) is 19.7 Å². The van der Waals surface area contributed by atoms with Crippen LogP contribution in [0.25, 0.3) is 0 Å². The third kappa shape index (κ3) is 3.08. The minimum atomic E-state index is -0.630. The number of halogens is 2. The summed E-state index contributed by atoms with van der Waals surface area (Å²) in [7, 11) is 0. The molecule has 2 rings (SSSR count). The fourth-order valence-corrected chi connectivity index (χ4v) is 1.95. The Labute approximate surface area is 120 Å². The minimum Gasteiger partial charge on any atom is -0.508 e. The van der Waals surface area contributed by atoms with Crippen LogP contribution in [0.1, 0.15) is 11.4 Å². The summed E-state index contributed by atoms with van der Waals surface area (Å²) in [5.74, 6) is -1.28. The van der Waals surface area contributed by atoms with E-state index in [2.05, 4.69) is 10.4 Å². The third-order valence-electron chi connectivity index (χ3n) is 2.75. The molecule has 0 saturated carbocycles. The fourth-order valence-electron chi connectivity index (χ4n) is 1.81. The van der Waals surface area contributed by atoms with E-state index in [4.69, 9.17) is 11.6 Å². The predicted octanol–water partition coefficient (Wildman–Crippen LogP) is 2.64. The molecule has 0 aliphatic carbocycles. The van der Waals surface area contributed by atoms with E-state index in [1.54, 1.807) is 13.8 Å². The highest BCUT2D eigenvalue weighted by Gasteiger charge is 2.12. The van der Waals surface area contributed by atoms with Gasteiger partial charge < -0.3 is 10.4 Å². The SMILES string of the molecule is Cc1nn(CC(=O)Nc2cc(O)cc(F)c2)c(C)c1Cl. The summed E-state index contributed by atoms with van der Waals surface area (Å²) in [6, 6.07) is 3.33. The van der Waals surface area contributed by atoms with Crippen molar-refractivity contribution in [1.29, 1.82) is 0 Å². The molecule has 7 heteroatoms. The number of phenols is 1. The number of amides is 1. The number of nitrogens with zero attached hydrogens (tertiary/aromatic N) is 2. The molecule has 0 spiro atoms. The quantitative estimate of drug-likeness (QED) is 0.915. The monoisotopic (exact) mass is 297 g/mol. The Hall–Kier alpha value is -2.08. The van der Waals surface area contributed by atoms with Crippen LogP contribution >= 0.6 is 11.6 Å². The predicted molar refractivity (Wildman–Crippen MR) is 73.4 cm³/mol. The van der Waals surface area contributed by atoms with Crippen LogP contribution in [-0.4, -0.2) is 20.8 Å². The Bertz CT molecular complexity index is 650. The summed E-state index contributed by atoms with van der Waals surface area (Å²) < 4.78 is 14.5. The lowest BCUT2D eigenvalue weighted by Gasteiger charge is -2.07. The number of aromatic hydroxyl groups is 1. The van der Waals surface area contributed by atoms with Crippen LogP contribution in [0.15, 0.2) is 18.2 Å². The second-order valence-electron chi connectivity index (χ2n) is 4.39. The van der Waals surface area contributed by atoms with Crippen molar-refractivity contribution in [3.63, 3.8) is 0 Å². The second kappa shape index (κ2) is 5.50. The first-order valence-electron chi connectivity index (χ1n) is 5.85. The lowest BCUT2D eigenvalue weighted by atomic mass is 10.3. The van der Waals surface area contributed by atoms with Gasteiger partial charge in [-0.15, -0.1) is 0 Å². The summed E-state index contributed by atoms with van der Waals surface area (Å²) in [5.41, 5.74) is 1.50. The number of anilines is 1. The van der Waals surface area contributed by atoms with Crippen molar-refractivity contribution in [3.05, 3.63) is 40.4 Å². The molecule has 0 fully saturated rings. The minimum absolute atomic E-state index is 0.0450. The van der Waals surface area contributed by atoms with E-state index >= 15 is 0 Å². The lowest BCUT2D eigenvalue weighted by Crippen LogP contribution is -2.20. The van der Waals surface area contributed by atoms with Gasteiger partial charge in [0.05, 0.1) is 16.4 Å². The highest BCUT2D eigenvalue weighted by molar-refractivity contribution is 6.31. The Morgan fingerprint density at radius 3 is 2.70 bits per heavy atom. The number of carbonyl (C=O) groups is 1. The van der Waals surface area contributed by atoms with Crippen LogP contribution in [0.2, 0.25) is 5.02 Å². The second-order valence-corrected chi connectivity index (χ2v) is 4.77. The van der Waals surface area contributed by atoms with E-state index in [-0.39, 0.29) is 18.0 Å². The van der Waals surface area contributed by atoms with Crippen LogP contribution in [0.5, 0.6) is 5.75 Å². The molecule has 0 bridgehead atoms. The van der Waals surface area contributed by atoms with Crippen LogP contribution in [0.3, 0.4) is 0 Å². The summed E-state index contributed by atoms with van der Waals surface area (Å²) in [6.45, 7) is 3.45. The summed E-state index contributed by atoms with van der Waals surface area (Å²) in [4.78, 5) is 11.9. The van der Waals surface area contributed by atoms with Gasteiger partial charge in [-0.3, -0.25) is 9.48 Å². The summed E-state index contributed by atoms with van der Waals surface area (Å²) >= 11 is 5.99. The molecule has 0 atom stereocenters. The molecule has 2 N–H and O–H groups in total. The Morgan fingerprint density at radius 2 is 2.15 bits per heavy atom. The topological polar surface area (TPSA) is 67.2 Å². The molecular weight excluding hydrogens is 285 g/mol. The van der Waals surface area contributed by atoms with Crippen molar-refractivity contribution < 1.29 is 14.3 Å². The average Bonchev–Trinajstić information content (AvgIpc) is 2.55. The van der Waals surface area contributed by atoms with Gasteiger partial charge in [0, 0.05) is 17.8 Å². The largest absolute Gasteiger partial charge is 0.508 e. The van der Waals surface area contributed by atoms with Crippen molar-refractivity contribution in [3.8, 4) is 5.75 Å². The molecule has 1 aromatic carbocycles. The molecule has 0 aliphatic rings. The van der Waals surface area contributed by atoms with Gasteiger partial charge >= 0.3 is 0 Å². The molecule has 1 heterocycles. The number of aromatic nitrogens is 2. The zero-order chi connectivity index (χ0) is 14.9. The zero-order valence-corrected chi connectivity index (χ0v) is 11.7. The maximum absolute atomic E-state index is 13.1. The van der Waals surface area contributed by atoms with Crippen molar-refractivity contribution in [2.45, 2.75) is 20.4 Å². The van der Waals surface area contributed by atoms with E-state index in [9.17, 15) is 14.3 Å². The first kappa shape index (κ1) is 14.3. The van der Waals surface area contributed by atoms with Crippen molar-refractivity contribution in [2.75, 3.05) is 5.32 Å². The molecule has 106 valence electrons. The number of hydrogen-bond donors (Lipinski definition) is 2. The van der Waals surface area contributed by atoms with E-state index in [1.807, 2.05) is 0 Å². The molecular formula is C13H13ClFN3O2. The van der Waals surface area contributed by atoms with Crippen LogP contribution < -0.4 is 5.32 Å². The van der Waals surface area contributed by atoms with Gasteiger partial charge in [-0.1, -0.05) is 11.6 Å². The van der Waals surface area contributed by atoms with E-state index in [0.29, 0.717) is 16.4 Å². The highest BCUT2D eigenvalue weighted by Crippen LogP contribution is 2.20. The number of rotatable bonds is 3. The number of phenolic OH excluding ortho intramolecular Hbond substituents is 1. The number of benzene rings is 1. The number of nitrogens with one attached hydrogen (secondary N) is 1. The average molecular weight is 298 g/mol. The van der Waals surface area contributed by atoms with Gasteiger partial charge in [-0.2, -0.15) is 5.10 Å². The molecule has 1 amide bonds. The molecule has 2 aromatic rings. The lowest BCUT2D eigenvalue weighted by molar-refractivity contribution is -0.116. The number of hydrogen-bond acceptors (Lipinski definition) is 3. The normalized spacial score (nSPS) is 10.6. The van der Waals surface area contributed by atoms with E-state index < -0.39 is 11.7 Å². The van der Waals surface area contributed by atoms with Crippen molar-refractivity contribution in [2.24, 2.45) is 0 Å². The first-order valence-corrected chi connectivity index (χ1v) is 6.23. The van der Waals surface area contributed by atoms with Gasteiger partial charge in [-0.05, 0) is 19.9 Å². The summed E-state index contributed by atoms with van der Waals surface area (Å²) in [6.07, 6.45) is 0. The molecule has 20 heavy (non-hydrogen) atoms. The number of aryl methyl sites for hydroxylation is 1. The maximum Gasteiger partial charge on any atom is 0.246 e. The van der Waals surface area contributed by atoms with Crippen molar-refractivity contribution in [1.82, 2.24) is 9.78 Å². The van der Waals surface area contributed by atoms with Gasteiger partial charge in [0.2, 0.25) is 5.91 Å². The molecule has 0 saturated heterocycles. The Kier molecular flexibility index (Phi) is 3.94.